The van der Waals surface area contributed by atoms with Crippen LogP contribution in [0, 0.1) is 0 Å². The normalized spacial score (nSPS) is 15.6. The maximum atomic E-state index is 12.8. The van der Waals surface area contributed by atoms with Gasteiger partial charge in [0.05, 0.1) is 11.6 Å². The fourth-order valence-electron chi connectivity index (χ4n) is 4.39. The van der Waals surface area contributed by atoms with Crippen molar-refractivity contribution in [3.05, 3.63) is 111 Å². The second-order valence-corrected chi connectivity index (χ2v) is 8.92. The number of nitrogens with one attached hydrogen (secondary N) is 1. The van der Waals surface area contributed by atoms with Gasteiger partial charge in [0.25, 0.3) is 0 Å². The van der Waals surface area contributed by atoms with E-state index < -0.39 is 11.7 Å². The van der Waals surface area contributed by atoms with Gasteiger partial charge in [-0.05, 0) is 29.7 Å². The molecule has 2 heterocycles. The van der Waals surface area contributed by atoms with E-state index in [0.717, 1.165) is 16.7 Å². The summed E-state index contributed by atoms with van der Waals surface area (Å²) >= 11 is 6.62. The lowest BCUT2D eigenvalue weighted by molar-refractivity contribution is 0.149. The number of likely N-dealkylation sites (N-methyl/N-ethyl adjacent to an activating group) is 1. The van der Waals surface area contributed by atoms with Crippen LogP contribution in [0.25, 0.3) is 22.1 Å². The van der Waals surface area contributed by atoms with Gasteiger partial charge in [0, 0.05) is 24.6 Å². The summed E-state index contributed by atoms with van der Waals surface area (Å²) in [4.78, 5) is 26.6. The molecule has 1 unspecified atom stereocenters. The Morgan fingerprint density at radius 2 is 1.68 bits per heavy atom. The highest BCUT2D eigenvalue weighted by molar-refractivity contribution is 6.33. The Hall–Kier alpha value is -4.23. The first-order valence-corrected chi connectivity index (χ1v) is 12.2. The molecule has 0 aliphatic carbocycles. The molecule has 0 radical (unpaired) electrons. The van der Waals surface area contributed by atoms with Crippen LogP contribution in [0.4, 0.5) is 4.79 Å². The smallest absolute Gasteiger partial charge is 0.336 e. The lowest BCUT2D eigenvalue weighted by Crippen LogP contribution is -2.46. The van der Waals surface area contributed by atoms with E-state index in [1.807, 2.05) is 67.6 Å². The number of nitrogens with zero attached hydrogens (tertiary/aromatic N) is 1. The van der Waals surface area contributed by atoms with E-state index in [1.165, 1.54) is 11.0 Å². The molecule has 8 heteroatoms. The van der Waals surface area contributed by atoms with Gasteiger partial charge >= 0.3 is 11.7 Å². The van der Waals surface area contributed by atoms with Crippen LogP contribution in [0.2, 0.25) is 5.02 Å². The van der Waals surface area contributed by atoms with E-state index in [0.29, 0.717) is 39.8 Å². The van der Waals surface area contributed by atoms with Gasteiger partial charge in [-0.1, -0.05) is 72.3 Å². The first kappa shape index (κ1) is 24.5. The highest BCUT2D eigenvalue weighted by atomic mass is 35.5. The number of hydrogen-bond acceptors (Lipinski definition) is 5. The third-order valence-corrected chi connectivity index (χ3v) is 6.50. The molecule has 3 aromatic carbocycles. The summed E-state index contributed by atoms with van der Waals surface area (Å²) in [6, 6.07) is 23.2. The Bertz CT molecular complexity index is 1530. The molecule has 4 aromatic rings. The van der Waals surface area contributed by atoms with Crippen LogP contribution in [0.1, 0.15) is 18.5 Å². The van der Waals surface area contributed by atoms with Crippen molar-refractivity contribution in [3.63, 3.8) is 0 Å². The molecular formula is C29H25ClN2O5. The molecule has 37 heavy (non-hydrogen) atoms. The maximum Gasteiger partial charge on any atom is 0.336 e. The van der Waals surface area contributed by atoms with E-state index in [-0.39, 0.29) is 12.6 Å². The molecule has 0 saturated heterocycles. The third-order valence-electron chi connectivity index (χ3n) is 6.20. The van der Waals surface area contributed by atoms with Gasteiger partial charge in [0.1, 0.15) is 35.4 Å². The summed E-state index contributed by atoms with van der Waals surface area (Å²) in [5.41, 5.74) is 2.92. The summed E-state index contributed by atoms with van der Waals surface area (Å²) in [5, 5.41) is 4.02. The molecule has 1 aliphatic heterocycles. The molecule has 0 fully saturated rings. The van der Waals surface area contributed by atoms with E-state index in [1.54, 1.807) is 19.2 Å². The predicted octanol–water partition coefficient (Wildman–Crippen LogP) is 6.14. The summed E-state index contributed by atoms with van der Waals surface area (Å²) in [7, 11) is 1.65. The Kier molecular flexibility index (Phi) is 6.88. The van der Waals surface area contributed by atoms with E-state index >= 15 is 0 Å². The van der Waals surface area contributed by atoms with Crippen molar-refractivity contribution >= 4 is 28.6 Å². The predicted molar refractivity (Wildman–Crippen MR) is 143 cm³/mol. The Labute approximate surface area is 218 Å². The third kappa shape index (κ3) is 4.90. The van der Waals surface area contributed by atoms with Gasteiger partial charge < -0.3 is 19.2 Å². The van der Waals surface area contributed by atoms with Crippen molar-refractivity contribution in [1.82, 2.24) is 10.2 Å². The van der Waals surface area contributed by atoms with Crippen LogP contribution >= 0.6 is 11.6 Å². The monoisotopic (exact) mass is 516 g/mol. The molecule has 1 aliphatic rings. The molecule has 2 amide bonds. The van der Waals surface area contributed by atoms with Crippen molar-refractivity contribution in [1.29, 1.82) is 0 Å². The maximum absolute atomic E-state index is 12.8. The van der Waals surface area contributed by atoms with Crippen LogP contribution in [-0.4, -0.2) is 31.2 Å². The van der Waals surface area contributed by atoms with Gasteiger partial charge in [-0.15, -0.1) is 0 Å². The first-order valence-electron chi connectivity index (χ1n) is 11.9. The van der Waals surface area contributed by atoms with Crippen LogP contribution < -0.4 is 15.7 Å². The van der Waals surface area contributed by atoms with Crippen LogP contribution in [0.15, 0.2) is 99.5 Å². The number of ether oxygens (including phenoxy) is 2. The average molecular weight is 517 g/mol. The first-order chi connectivity index (χ1) is 18.0. The number of carbonyl (C=O) groups is 1. The Morgan fingerprint density at radius 3 is 2.38 bits per heavy atom. The van der Waals surface area contributed by atoms with Crippen molar-refractivity contribution in [2.75, 3.05) is 20.3 Å². The van der Waals surface area contributed by atoms with Gasteiger partial charge in [0.15, 0.2) is 0 Å². The SMILES string of the molecule is CCOC1=C(COc2cc3oc(=O)cc(-c4ccccc4)c3cc2Cl)N(C)C(=O)NC1c1ccccc1. The zero-order valence-electron chi connectivity index (χ0n) is 20.4. The number of benzene rings is 3. The highest BCUT2D eigenvalue weighted by Gasteiger charge is 2.34. The molecule has 7 nitrogen and oxygen atoms in total. The minimum atomic E-state index is -0.477. The number of fused-ring (bicyclic) bond motifs is 1. The summed E-state index contributed by atoms with van der Waals surface area (Å²) in [5.74, 6) is 0.909. The molecule has 5 rings (SSSR count). The molecular weight excluding hydrogens is 492 g/mol. The molecule has 188 valence electrons. The Balaban J connectivity index is 1.52. The van der Waals surface area contributed by atoms with Gasteiger partial charge in [-0.2, -0.15) is 0 Å². The fraction of sp³-hybridized carbons (Fsp3) is 0.172. The minimum Gasteiger partial charge on any atom is -0.494 e. The quantitative estimate of drug-likeness (QED) is 0.298. The second-order valence-electron chi connectivity index (χ2n) is 8.51. The highest BCUT2D eigenvalue weighted by Crippen LogP contribution is 2.36. The lowest BCUT2D eigenvalue weighted by Gasteiger charge is -2.34. The lowest BCUT2D eigenvalue weighted by atomic mass is 10.0. The zero-order valence-corrected chi connectivity index (χ0v) is 21.1. The van der Waals surface area contributed by atoms with Gasteiger partial charge in [0.2, 0.25) is 0 Å². The van der Waals surface area contributed by atoms with E-state index in [4.69, 9.17) is 25.5 Å². The molecule has 0 spiro atoms. The summed E-state index contributed by atoms with van der Waals surface area (Å²) in [6.07, 6.45) is 0. The summed E-state index contributed by atoms with van der Waals surface area (Å²) in [6.45, 7) is 2.31. The van der Waals surface area contributed by atoms with Gasteiger partial charge in [-0.3, -0.25) is 4.90 Å². The van der Waals surface area contributed by atoms with Crippen LogP contribution in [0.5, 0.6) is 5.75 Å². The number of rotatable bonds is 7. The minimum absolute atomic E-state index is 0.0103. The zero-order chi connectivity index (χ0) is 25.9. The molecule has 0 bridgehead atoms. The number of amides is 2. The fourth-order valence-corrected chi connectivity index (χ4v) is 4.61. The Morgan fingerprint density at radius 1 is 0.973 bits per heavy atom. The molecule has 1 atom stereocenters. The molecule has 1 N–H and O–H groups in total. The second kappa shape index (κ2) is 10.4. The van der Waals surface area contributed by atoms with Crippen LogP contribution in [-0.2, 0) is 4.74 Å². The molecule has 0 saturated carbocycles. The van der Waals surface area contributed by atoms with E-state index in [2.05, 4.69) is 5.32 Å². The van der Waals surface area contributed by atoms with Crippen molar-refractivity contribution < 1.29 is 18.7 Å². The van der Waals surface area contributed by atoms with Crippen molar-refractivity contribution in [2.45, 2.75) is 13.0 Å². The number of halogens is 1. The number of urea groups is 1. The van der Waals surface area contributed by atoms with Crippen molar-refractivity contribution in [3.8, 4) is 16.9 Å². The number of hydrogen-bond donors (Lipinski definition) is 1. The standard InChI is InChI=1S/C29H25ClN2O5/c1-3-35-28-23(32(2)29(34)31-27(28)19-12-8-5-9-13-19)17-36-25-16-24-21(14-22(25)30)20(15-26(33)37-24)18-10-6-4-7-11-18/h4-16,27H,3,17H2,1-2H3,(H,31,34). The van der Waals surface area contributed by atoms with Crippen LogP contribution in [0.3, 0.4) is 0 Å². The topological polar surface area (TPSA) is 81.0 Å². The van der Waals surface area contributed by atoms with Crippen molar-refractivity contribution in [2.24, 2.45) is 0 Å². The number of carbonyl (C=O) groups excluding carboxylic acids is 1. The largest absolute Gasteiger partial charge is 0.494 e. The van der Waals surface area contributed by atoms with Gasteiger partial charge in [-0.25, -0.2) is 9.59 Å². The molecule has 1 aromatic heterocycles. The summed E-state index contributed by atoms with van der Waals surface area (Å²) < 4.78 is 17.6. The van der Waals surface area contributed by atoms with E-state index in [9.17, 15) is 9.59 Å². The average Bonchev–Trinajstić information content (AvgIpc) is 2.91.